The third-order valence-corrected chi connectivity index (χ3v) is 5.62. The fraction of sp³-hybridized carbons (Fsp3) is 0.316. The molecule has 0 aliphatic carbocycles. The van der Waals surface area contributed by atoms with E-state index in [1.165, 1.54) is 4.90 Å². The van der Waals surface area contributed by atoms with Crippen LogP contribution in [0.25, 0.3) is 0 Å². The van der Waals surface area contributed by atoms with E-state index in [0.717, 1.165) is 36.5 Å². The van der Waals surface area contributed by atoms with Gasteiger partial charge in [0.15, 0.2) is 0 Å². The molecule has 0 N–H and O–H groups in total. The molecule has 2 aromatic rings. The zero-order valence-corrected chi connectivity index (χ0v) is 15.8. The fourth-order valence-electron chi connectivity index (χ4n) is 3.59. The maximum atomic E-state index is 12.9. The molecule has 0 bridgehead atoms. The second-order valence-corrected chi connectivity index (χ2v) is 7.30. The molecule has 3 heterocycles. The number of amides is 2. The number of halogens is 1. The van der Waals surface area contributed by atoms with Crippen LogP contribution < -0.4 is 9.80 Å². The van der Waals surface area contributed by atoms with E-state index in [2.05, 4.69) is 30.7 Å². The van der Waals surface area contributed by atoms with Crippen molar-refractivity contribution in [3.63, 3.8) is 0 Å². The molecule has 4 rings (SSSR count). The second kappa shape index (κ2) is 7.17. The van der Waals surface area contributed by atoms with E-state index in [0.29, 0.717) is 5.69 Å². The summed E-state index contributed by atoms with van der Waals surface area (Å²) in [7, 11) is 0. The van der Waals surface area contributed by atoms with Gasteiger partial charge < -0.3 is 4.90 Å². The standard InChI is InChI=1S/C19H19BrN4O2/c20-14-5-1-2-6-15(14)24-18(25)13-16(19(24)26)22-9-11-23(12-10-22)17-7-3-4-8-21-17/h1-8,16H,9-13H2/t16-/m1/s1. The number of benzene rings is 1. The molecule has 1 aromatic heterocycles. The van der Waals surface area contributed by atoms with Gasteiger partial charge in [-0.05, 0) is 40.2 Å². The molecule has 2 fully saturated rings. The molecule has 6 nitrogen and oxygen atoms in total. The number of anilines is 2. The van der Waals surface area contributed by atoms with Crippen LogP contribution in [0.1, 0.15) is 6.42 Å². The number of pyridine rings is 1. The summed E-state index contributed by atoms with van der Waals surface area (Å²) < 4.78 is 0.752. The number of piperazine rings is 1. The van der Waals surface area contributed by atoms with Gasteiger partial charge in [-0.15, -0.1) is 0 Å². The summed E-state index contributed by atoms with van der Waals surface area (Å²) in [5.74, 6) is 0.683. The smallest absolute Gasteiger partial charge is 0.251 e. The molecule has 26 heavy (non-hydrogen) atoms. The number of nitrogens with zero attached hydrogens (tertiary/aromatic N) is 4. The Labute approximate surface area is 160 Å². The first kappa shape index (κ1) is 17.2. The van der Waals surface area contributed by atoms with Crippen LogP contribution in [0.15, 0.2) is 53.1 Å². The fourth-order valence-corrected chi connectivity index (χ4v) is 4.05. The number of imide groups is 1. The van der Waals surface area contributed by atoms with Crippen molar-refractivity contribution in [1.29, 1.82) is 0 Å². The highest BCUT2D eigenvalue weighted by Gasteiger charge is 2.43. The Morgan fingerprint density at radius 2 is 1.69 bits per heavy atom. The Balaban J connectivity index is 1.46. The maximum absolute atomic E-state index is 12.9. The highest BCUT2D eigenvalue weighted by atomic mass is 79.9. The van der Waals surface area contributed by atoms with E-state index in [1.807, 2.05) is 36.4 Å². The second-order valence-electron chi connectivity index (χ2n) is 6.45. The maximum Gasteiger partial charge on any atom is 0.251 e. The molecular weight excluding hydrogens is 396 g/mol. The lowest BCUT2D eigenvalue weighted by Crippen LogP contribution is -2.52. The summed E-state index contributed by atoms with van der Waals surface area (Å²) in [5, 5.41) is 0. The molecule has 0 unspecified atom stereocenters. The van der Waals surface area contributed by atoms with Gasteiger partial charge in [-0.2, -0.15) is 0 Å². The van der Waals surface area contributed by atoms with Gasteiger partial charge in [-0.3, -0.25) is 14.5 Å². The van der Waals surface area contributed by atoms with Crippen molar-refractivity contribution in [2.75, 3.05) is 36.0 Å². The van der Waals surface area contributed by atoms with Crippen LogP contribution in [0, 0.1) is 0 Å². The molecule has 134 valence electrons. The lowest BCUT2D eigenvalue weighted by atomic mass is 10.1. The summed E-state index contributed by atoms with van der Waals surface area (Å²) in [6.45, 7) is 3.07. The third kappa shape index (κ3) is 3.12. The van der Waals surface area contributed by atoms with Crippen molar-refractivity contribution < 1.29 is 9.59 Å². The zero-order chi connectivity index (χ0) is 18.1. The zero-order valence-electron chi connectivity index (χ0n) is 14.2. The molecule has 2 aliphatic rings. The summed E-state index contributed by atoms with van der Waals surface area (Å²) in [6.07, 6.45) is 2.03. The van der Waals surface area contributed by atoms with Crippen LogP contribution in [-0.4, -0.2) is 53.9 Å². The van der Waals surface area contributed by atoms with Crippen LogP contribution in [0.3, 0.4) is 0 Å². The van der Waals surface area contributed by atoms with Crippen molar-refractivity contribution in [2.45, 2.75) is 12.5 Å². The molecular formula is C19H19BrN4O2. The molecule has 7 heteroatoms. The van der Waals surface area contributed by atoms with Crippen molar-refractivity contribution in [1.82, 2.24) is 9.88 Å². The predicted molar refractivity (Wildman–Crippen MR) is 103 cm³/mol. The average Bonchev–Trinajstić information content (AvgIpc) is 2.97. The Hall–Kier alpha value is -2.25. The normalized spacial score (nSPS) is 21.5. The first-order valence-electron chi connectivity index (χ1n) is 8.66. The molecule has 1 atom stereocenters. The van der Waals surface area contributed by atoms with Gasteiger partial charge in [0, 0.05) is 36.8 Å². The van der Waals surface area contributed by atoms with E-state index < -0.39 is 0 Å². The molecule has 1 aromatic carbocycles. The summed E-state index contributed by atoms with van der Waals surface area (Å²) >= 11 is 3.44. The highest BCUT2D eigenvalue weighted by Crippen LogP contribution is 2.32. The minimum absolute atomic E-state index is 0.131. The number of hydrogen-bond donors (Lipinski definition) is 0. The van der Waals surface area contributed by atoms with Gasteiger partial charge in [0.05, 0.1) is 18.2 Å². The monoisotopic (exact) mass is 414 g/mol. The Kier molecular flexibility index (Phi) is 4.74. The van der Waals surface area contributed by atoms with Crippen molar-refractivity contribution >= 4 is 39.2 Å². The number of rotatable bonds is 3. The number of carbonyl (C=O) groups is 2. The van der Waals surface area contributed by atoms with Crippen molar-refractivity contribution in [2.24, 2.45) is 0 Å². The lowest BCUT2D eigenvalue weighted by molar-refractivity contribution is -0.123. The van der Waals surface area contributed by atoms with Crippen molar-refractivity contribution in [3.05, 3.63) is 53.1 Å². The first-order valence-corrected chi connectivity index (χ1v) is 9.46. The Morgan fingerprint density at radius 1 is 0.962 bits per heavy atom. The van der Waals surface area contributed by atoms with E-state index >= 15 is 0 Å². The van der Waals surface area contributed by atoms with Crippen LogP contribution >= 0.6 is 15.9 Å². The Morgan fingerprint density at radius 3 is 2.38 bits per heavy atom. The topological polar surface area (TPSA) is 56.8 Å². The van der Waals surface area contributed by atoms with Gasteiger partial charge >= 0.3 is 0 Å². The molecule has 0 spiro atoms. The van der Waals surface area contributed by atoms with Gasteiger partial charge in [0.25, 0.3) is 5.91 Å². The van der Waals surface area contributed by atoms with Gasteiger partial charge in [-0.1, -0.05) is 18.2 Å². The first-order chi connectivity index (χ1) is 12.6. The van der Waals surface area contributed by atoms with Crippen molar-refractivity contribution in [3.8, 4) is 0 Å². The molecule has 2 aliphatic heterocycles. The minimum Gasteiger partial charge on any atom is -0.354 e. The molecule has 2 saturated heterocycles. The van der Waals surface area contributed by atoms with Gasteiger partial charge in [0.1, 0.15) is 5.82 Å². The summed E-state index contributed by atoms with van der Waals surface area (Å²) in [6, 6.07) is 12.8. The SMILES string of the molecule is O=C1C[C@@H](N2CCN(c3ccccn3)CC2)C(=O)N1c1ccccc1Br. The van der Waals surface area contributed by atoms with Gasteiger partial charge in [0.2, 0.25) is 5.91 Å². The van der Waals surface area contributed by atoms with Crippen LogP contribution in [0.5, 0.6) is 0 Å². The van der Waals surface area contributed by atoms with Crippen LogP contribution in [0.2, 0.25) is 0 Å². The van der Waals surface area contributed by atoms with E-state index in [-0.39, 0.29) is 24.3 Å². The van der Waals surface area contributed by atoms with E-state index in [9.17, 15) is 9.59 Å². The average molecular weight is 415 g/mol. The number of carbonyl (C=O) groups excluding carboxylic acids is 2. The number of para-hydroxylation sites is 1. The molecule has 0 radical (unpaired) electrons. The minimum atomic E-state index is -0.375. The number of aromatic nitrogens is 1. The summed E-state index contributed by atoms with van der Waals surface area (Å²) in [4.78, 5) is 35.5. The predicted octanol–water partition coefficient (Wildman–Crippen LogP) is 2.30. The largest absolute Gasteiger partial charge is 0.354 e. The van der Waals surface area contributed by atoms with Crippen LogP contribution in [-0.2, 0) is 9.59 Å². The quantitative estimate of drug-likeness (QED) is 0.721. The highest BCUT2D eigenvalue weighted by molar-refractivity contribution is 9.10. The van der Waals surface area contributed by atoms with E-state index in [1.54, 1.807) is 12.3 Å². The molecule has 2 amide bonds. The van der Waals surface area contributed by atoms with Gasteiger partial charge in [-0.25, -0.2) is 9.88 Å². The number of hydrogen-bond acceptors (Lipinski definition) is 5. The van der Waals surface area contributed by atoms with E-state index in [4.69, 9.17) is 0 Å². The Bertz CT molecular complexity index is 821. The summed E-state index contributed by atoms with van der Waals surface area (Å²) in [5.41, 5.74) is 0.622. The molecule has 0 saturated carbocycles. The third-order valence-electron chi connectivity index (χ3n) is 4.94. The van der Waals surface area contributed by atoms with Crippen LogP contribution in [0.4, 0.5) is 11.5 Å². The lowest BCUT2D eigenvalue weighted by Gasteiger charge is -2.37.